The van der Waals surface area contributed by atoms with E-state index in [0.717, 1.165) is 0 Å². The van der Waals surface area contributed by atoms with Gasteiger partial charge in [0.25, 0.3) is 5.91 Å². The standard InChI is InChI=1S/C15H25N3O3S/c1-5-15(6-2,11-16)17-22(20,21)13-9-7-8-12(10-13)14(19)18(3)4/h7-10,17H,5-6,11,16H2,1-4H3. The second-order valence-electron chi connectivity index (χ2n) is 5.52. The Hall–Kier alpha value is -1.44. The van der Waals surface area contributed by atoms with Gasteiger partial charge in [0.1, 0.15) is 0 Å². The molecule has 1 aromatic carbocycles. The zero-order valence-corrected chi connectivity index (χ0v) is 14.4. The molecule has 0 saturated heterocycles. The minimum atomic E-state index is -3.74. The van der Waals surface area contributed by atoms with Crippen molar-refractivity contribution in [2.75, 3.05) is 20.6 Å². The summed E-state index contributed by atoms with van der Waals surface area (Å²) in [6.07, 6.45) is 1.19. The Morgan fingerprint density at radius 2 is 1.86 bits per heavy atom. The molecular formula is C15H25N3O3S. The average Bonchev–Trinajstić information content (AvgIpc) is 2.52. The molecule has 0 aliphatic rings. The largest absolute Gasteiger partial charge is 0.345 e. The average molecular weight is 327 g/mol. The van der Waals surface area contributed by atoms with Gasteiger partial charge in [-0.05, 0) is 31.0 Å². The van der Waals surface area contributed by atoms with Gasteiger partial charge in [0, 0.05) is 31.7 Å². The molecular weight excluding hydrogens is 302 g/mol. The minimum Gasteiger partial charge on any atom is -0.345 e. The fourth-order valence-corrected chi connectivity index (χ4v) is 3.72. The Morgan fingerprint density at radius 3 is 2.32 bits per heavy atom. The molecule has 22 heavy (non-hydrogen) atoms. The van der Waals surface area contributed by atoms with E-state index in [1.807, 2.05) is 13.8 Å². The third-order valence-electron chi connectivity index (χ3n) is 3.89. The van der Waals surface area contributed by atoms with Crippen LogP contribution < -0.4 is 10.5 Å². The van der Waals surface area contributed by atoms with Gasteiger partial charge in [0.05, 0.1) is 4.90 Å². The summed E-state index contributed by atoms with van der Waals surface area (Å²) in [7, 11) is -0.496. The lowest BCUT2D eigenvalue weighted by molar-refractivity contribution is 0.0827. The molecule has 0 spiro atoms. The fraction of sp³-hybridized carbons (Fsp3) is 0.533. The number of nitrogens with zero attached hydrogens (tertiary/aromatic N) is 1. The summed E-state index contributed by atoms with van der Waals surface area (Å²) < 4.78 is 27.8. The number of carbonyl (C=O) groups excluding carboxylic acids is 1. The van der Waals surface area contributed by atoms with Crippen LogP contribution in [0.1, 0.15) is 37.0 Å². The van der Waals surface area contributed by atoms with Gasteiger partial charge < -0.3 is 10.6 Å². The van der Waals surface area contributed by atoms with Crippen molar-refractivity contribution in [3.05, 3.63) is 29.8 Å². The minimum absolute atomic E-state index is 0.0694. The number of rotatable bonds is 7. The first-order valence-electron chi connectivity index (χ1n) is 7.27. The fourth-order valence-electron chi connectivity index (χ4n) is 2.12. The molecule has 7 heteroatoms. The van der Waals surface area contributed by atoms with Gasteiger partial charge >= 0.3 is 0 Å². The van der Waals surface area contributed by atoms with E-state index in [9.17, 15) is 13.2 Å². The summed E-state index contributed by atoms with van der Waals surface area (Å²) in [4.78, 5) is 13.4. The Labute approximate surface area is 132 Å². The van der Waals surface area contributed by atoms with Gasteiger partial charge in [-0.2, -0.15) is 0 Å². The summed E-state index contributed by atoms with van der Waals surface area (Å²) in [5.41, 5.74) is 5.41. The van der Waals surface area contributed by atoms with Crippen molar-refractivity contribution in [1.29, 1.82) is 0 Å². The molecule has 0 aliphatic carbocycles. The summed E-state index contributed by atoms with van der Waals surface area (Å²) in [5.74, 6) is -0.242. The first-order valence-corrected chi connectivity index (χ1v) is 8.75. The molecule has 0 bridgehead atoms. The summed E-state index contributed by atoms with van der Waals surface area (Å²) in [6.45, 7) is 4.01. The molecule has 0 aliphatic heterocycles. The molecule has 0 saturated carbocycles. The van der Waals surface area contributed by atoms with Crippen LogP contribution in [0.3, 0.4) is 0 Å². The van der Waals surface area contributed by atoms with E-state index in [1.165, 1.54) is 17.0 Å². The van der Waals surface area contributed by atoms with Gasteiger partial charge in [-0.3, -0.25) is 4.79 Å². The van der Waals surface area contributed by atoms with Gasteiger partial charge in [-0.15, -0.1) is 0 Å². The van der Waals surface area contributed by atoms with Gasteiger partial charge in [0.2, 0.25) is 10.0 Å². The molecule has 124 valence electrons. The summed E-state index contributed by atoms with van der Waals surface area (Å²) in [6, 6.07) is 6.02. The predicted octanol–water partition coefficient (Wildman–Crippen LogP) is 1.18. The van der Waals surface area contributed by atoms with Crippen molar-refractivity contribution >= 4 is 15.9 Å². The number of hydrogen-bond acceptors (Lipinski definition) is 4. The van der Waals surface area contributed by atoms with Crippen LogP contribution in [0, 0.1) is 0 Å². The highest BCUT2D eigenvalue weighted by Crippen LogP contribution is 2.19. The molecule has 1 rings (SSSR count). The number of nitrogens with two attached hydrogens (primary N) is 1. The molecule has 6 nitrogen and oxygen atoms in total. The number of sulfonamides is 1. The van der Waals surface area contributed by atoms with E-state index < -0.39 is 15.6 Å². The molecule has 0 unspecified atom stereocenters. The summed E-state index contributed by atoms with van der Waals surface area (Å²) in [5, 5.41) is 0. The highest BCUT2D eigenvalue weighted by molar-refractivity contribution is 7.89. The lowest BCUT2D eigenvalue weighted by atomic mass is 9.95. The van der Waals surface area contributed by atoms with E-state index >= 15 is 0 Å². The monoisotopic (exact) mass is 327 g/mol. The molecule has 1 amide bonds. The second kappa shape index (κ2) is 7.21. The topological polar surface area (TPSA) is 92.5 Å². The van der Waals surface area contributed by atoms with Crippen molar-refractivity contribution < 1.29 is 13.2 Å². The Kier molecular flexibility index (Phi) is 6.10. The lowest BCUT2D eigenvalue weighted by Gasteiger charge is -2.31. The maximum absolute atomic E-state index is 12.6. The number of benzene rings is 1. The van der Waals surface area contributed by atoms with Crippen LogP contribution >= 0.6 is 0 Å². The van der Waals surface area contributed by atoms with Crippen LogP contribution in [0.2, 0.25) is 0 Å². The molecule has 3 N–H and O–H groups in total. The van der Waals surface area contributed by atoms with Crippen LogP contribution in [-0.4, -0.2) is 45.4 Å². The third-order valence-corrected chi connectivity index (χ3v) is 5.47. The Morgan fingerprint density at radius 1 is 1.27 bits per heavy atom. The SMILES string of the molecule is CCC(CC)(CN)NS(=O)(=O)c1cccc(C(=O)N(C)C)c1. The normalized spacial score (nSPS) is 12.2. The highest BCUT2D eigenvalue weighted by Gasteiger charge is 2.31. The number of hydrogen-bond donors (Lipinski definition) is 2. The number of amides is 1. The predicted molar refractivity (Wildman–Crippen MR) is 87.1 cm³/mol. The van der Waals surface area contributed by atoms with Crippen molar-refractivity contribution in [2.24, 2.45) is 5.73 Å². The number of carbonyl (C=O) groups is 1. The second-order valence-corrected chi connectivity index (χ2v) is 7.21. The van der Waals surface area contributed by atoms with Crippen molar-refractivity contribution in [3.63, 3.8) is 0 Å². The van der Waals surface area contributed by atoms with Crippen molar-refractivity contribution in [1.82, 2.24) is 9.62 Å². The van der Waals surface area contributed by atoms with Gasteiger partial charge in [-0.1, -0.05) is 19.9 Å². The molecule has 0 radical (unpaired) electrons. The molecule has 0 atom stereocenters. The molecule has 0 aromatic heterocycles. The first kappa shape index (κ1) is 18.6. The zero-order chi connectivity index (χ0) is 17.0. The maximum Gasteiger partial charge on any atom is 0.253 e. The zero-order valence-electron chi connectivity index (χ0n) is 13.6. The summed E-state index contributed by atoms with van der Waals surface area (Å²) >= 11 is 0. The van der Waals surface area contributed by atoms with Crippen LogP contribution in [0.4, 0.5) is 0 Å². The quantitative estimate of drug-likeness (QED) is 0.786. The van der Waals surface area contributed by atoms with E-state index in [4.69, 9.17) is 5.73 Å². The van der Waals surface area contributed by atoms with Crippen LogP contribution in [0.5, 0.6) is 0 Å². The van der Waals surface area contributed by atoms with Crippen LogP contribution in [-0.2, 0) is 10.0 Å². The highest BCUT2D eigenvalue weighted by atomic mass is 32.2. The van der Waals surface area contributed by atoms with Crippen molar-refractivity contribution in [2.45, 2.75) is 37.1 Å². The maximum atomic E-state index is 12.6. The van der Waals surface area contributed by atoms with E-state index in [2.05, 4.69) is 4.72 Å². The third kappa shape index (κ3) is 4.06. The Bertz CT molecular complexity index is 614. The number of nitrogens with one attached hydrogen (secondary N) is 1. The lowest BCUT2D eigenvalue weighted by Crippen LogP contribution is -2.52. The van der Waals surface area contributed by atoms with Gasteiger partial charge in [-0.25, -0.2) is 13.1 Å². The van der Waals surface area contributed by atoms with E-state index in [1.54, 1.807) is 26.2 Å². The van der Waals surface area contributed by atoms with Crippen LogP contribution in [0.15, 0.2) is 29.2 Å². The van der Waals surface area contributed by atoms with Crippen LogP contribution in [0.25, 0.3) is 0 Å². The van der Waals surface area contributed by atoms with E-state index in [0.29, 0.717) is 18.4 Å². The van der Waals surface area contributed by atoms with Gasteiger partial charge in [0.15, 0.2) is 0 Å². The first-order chi connectivity index (χ1) is 10.2. The molecule has 1 aromatic rings. The van der Waals surface area contributed by atoms with Crippen molar-refractivity contribution in [3.8, 4) is 0 Å². The molecule has 0 heterocycles. The molecule has 0 fully saturated rings. The smallest absolute Gasteiger partial charge is 0.253 e. The Balaban J connectivity index is 3.19. The van der Waals surface area contributed by atoms with E-state index in [-0.39, 0.29) is 17.3 Å².